The van der Waals surface area contributed by atoms with Gasteiger partial charge < -0.3 is 10.6 Å². The topological polar surface area (TPSA) is 115 Å². The average Bonchev–Trinajstić information content (AvgIpc) is 2.87. The molecule has 0 saturated carbocycles. The largest absolute Gasteiger partial charge is 0.388 e. The number of carbonyl (C=O) groups is 1. The minimum atomic E-state index is -0.505. The summed E-state index contributed by atoms with van der Waals surface area (Å²) in [6, 6.07) is 4.39. The minimum Gasteiger partial charge on any atom is -0.388 e. The zero-order valence-electron chi connectivity index (χ0n) is 10.9. The van der Waals surface area contributed by atoms with Crippen LogP contribution in [0, 0.1) is 10.1 Å². The van der Waals surface area contributed by atoms with Crippen molar-refractivity contribution >= 4 is 28.1 Å². The number of fused-ring (bicyclic) bond motifs is 1. The van der Waals surface area contributed by atoms with E-state index in [1.54, 1.807) is 11.0 Å². The molecule has 8 nitrogen and oxygen atoms in total. The standard InChI is InChI=1S/C12H11N5O3S/c13-11-10(14-15-21-11)6-16-4-3-7-1-2-8(17(19)20)5-9(7)12(16)18/h1-2,5H,3-4,6,13H2. The fourth-order valence-electron chi connectivity index (χ4n) is 2.28. The van der Waals surface area contributed by atoms with Crippen LogP contribution in [0.25, 0.3) is 0 Å². The number of carbonyl (C=O) groups excluding carboxylic acids is 1. The third-order valence-corrected chi connectivity index (χ3v) is 3.99. The van der Waals surface area contributed by atoms with E-state index in [4.69, 9.17) is 5.73 Å². The number of nitro benzene ring substituents is 1. The summed E-state index contributed by atoms with van der Waals surface area (Å²) in [7, 11) is 0. The number of aromatic nitrogens is 2. The molecule has 0 bridgehead atoms. The Morgan fingerprint density at radius 3 is 2.95 bits per heavy atom. The second kappa shape index (κ2) is 5.09. The van der Waals surface area contributed by atoms with Gasteiger partial charge in [0.05, 0.1) is 11.5 Å². The van der Waals surface area contributed by atoms with Gasteiger partial charge in [0.1, 0.15) is 10.7 Å². The van der Waals surface area contributed by atoms with Crippen molar-refractivity contribution in [3.05, 3.63) is 45.1 Å². The Morgan fingerprint density at radius 2 is 2.29 bits per heavy atom. The lowest BCUT2D eigenvalue weighted by molar-refractivity contribution is -0.384. The highest BCUT2D eigenvalue weighted by Gasteiger charge is 2.27. The number of nitro groups is 1. The molecule has 1 aliphatic heterocycles. The van der Waals surface area contributed by atoms with Gasteiger partial charge in [0, 0.05) is 35.8 Å². The number of amides is 1. The molecule has 108 valence electrons. The summed E-state index contributed by atoms with van der Waals surface area (Å²) in [6.45, 7) is 0.796. The van der Waals surface area contributed by atoms with Crippen LogP contribution >= 0.6 is 11.5 Å². The highest BCUT2D eigenvalue weighted by atomic mass is 32.1. The van der Waals surface area contributed by atoms with Crippen molar-refractivity contribution in [2.24, 2.45) is 0 Å². The van der Waals surface area contributed by atoms with Gasteiger partial charge in [-0.05, 0) is 12.0 Å². The molecule has 21 heavy (non-hydrogen) atoms. The predicted molar refractivity (Wildman–Crippen MR) is 75.9 cm³/mol. The first-order valence-electron chi connectivity index (χ1n) is 6.19. The van der Waals surface area contributed by atoms with Crippen molar-refractivity contribution in [2.45, 2.75) is 13.0 Å². The van der Waals surface area contributed by atoms with Crippen LogP contribution < -0.4 is 5.73 Å². The van der Waals surface area contributed by atoms with E-state index in [1.807, 2.05) is 0 Å². The van der Waals surface area contributed by atoms with Gasteiger partial charge in [-0.25, -0.2) is 0 Å². The van der Waals surface area contributed by atoms with Crippen LogP contribution in [0.4, 0.5) is 10.7 Å². The summed E-state index contributed by atoms with van der Waals surface area (Å²) in [5.74, 6) is -0.243. The Morgan fingerprint density at radius 1 is 1.48 bits per heavy atom. The molecule has 1 amide bonds. The quantitative estimate of drug-likeness (QED) is 0.673. The molecule has 0 radical (unpaired) electrons. The molecule has 2 heterocycles. The number of nitrogen functional groups attached to an aromatic ring is 1. The smallest absolute Gasteiger partial charge is 0.270 e. The predicted octanol–water partition coefficient (Wildman–Crippen LogP) is 1.23. The number of rotatable bonds is 3. The summed E-state index contributed by atoms with van der Waals surface area (Å²) < 4.78 is 3.73. The van der Waals surface area contributed by atoms with Crippen LogP contribution in [0.2, 0.25) is 0 Å². The van der Waals surface area contributed by atoms with Gasteiger partial charge in [0.15, 0.2) is 0 Å². The van der Waals surface area contributed by atoms with E-state index in [1.165, 1.54) is 12.1 Å². The average molecular weight is 305 g/mol. The molecule has 2 aromatic rings. The molecule has 1 aromatic heterocycles. The highest BCUT2D eigenvalue weighted by molar-refractivity contribution is 7.09. The van der Waals surface area contributed by atoms with Crippen LogP contribution in [-0.4, -0.2) is 31.9 Å². The van der Waals surface area contributed by atoms with Gasteiger partial charge in [-0.15, -0.1) is 5.10 Å². The van der Waals surface area contributed by atoms with Crippen LogP contribution in [-0.2, 0) is 13.0 Å². The third-order valence-electron chi connectivity index (χ3n) is 3.40. The van der Waals surface area contributed by atoms with E-state index in [-0.39, 0.29) is 18.1 Å². The van der Waals surface area contributed by atoms with Crippen LogP contribution in [0.1, 0.15) is 21.6 Å². The first kappa shape index (κ1) is 13.4. The lowest BCUT2D eigenvalue weighted by Crippen LogP contribution is -2.37. The van der Waals surface area contributed by atoms with E-state index < -0.39 is 4.92 Å². The van der Waals surface area contributed by atoms with E-state index in [9.17, 15) is 14.9 Å². The van der Waals surface area contributed by atoms with Gasteiger partial charge in [0.2, 0.25) is 0 Å². The second-order valence-electron chi connectivity index (χ2n) is 4.66. The van der Waals surface area contributed by atoms with Gasteiger partial charge >= 0.3 is 0 Å². The summed E-state index contributed by atoms with van der Waals surface area (Å²) in [5, 5.41) is 15.2. The van der Waals surface area contributed by atoms with Crippen molar-refractivity contribution in [2.75, 3.05) is 12.3 Å². The van der Waals surface area contributed by atoms with Crippen LogP contribution in [0.15, 0.2) is 18.2 Å². The molecule has 0 aliphatic carbocycles. The number of hydrogen-bond acceptors (Lipinski definition) is 7. The molecule has 1 aliphatic rings. The monoisotopic (exact) mass is 305 g/mol. The van der Waals surface area contributed by atoms with E-state index in [0.717, 1.165) is 17.1 Å². The number of non-ortho nitro benzene ring substituents is 1. The Labute approximate surface area is 123 Å². The number of hydrogen-bond donors (Lipinski definition) is 1. The zero-order chi connectivity index (χ0) is 15.0. The molecule has 0 spiro atoms. The molecule has 0 atom stereocenters. The molecule has 1 aromatic carbocycles. The molecule has 2 N–H and O–H groups in total. The first-order valence-corrected chi connectivity index (χ1v) is 6.97. The maximum atomic E-state index is 12.4. The summed E-state index contributed by atoms with van der Waals surface area (Å²) in [4.78, 5) is 24.3. The molecular weight excluding hydrogens is 294 g/mol. The Bertz CT molecular complexity index is 729. The molecule has 0 unspecified atom stereocenters. The van der Waals surface area contributed by atoms with Gasteiger partial charge in [-0.3, -0.25) is 14.9 Å². The second-order valence-corrected chi connectivity index (χ2v) is 5.44. The Hall–Kier alpha value is -2.55. The number of anilines is 1. The lowest BCUT2D eigenvalue weighted by atomic mass is 9.98. The fourth-order valence-corrected chi connectivity index (χ4v) is 2.72. The molecular formula is C12H11N5O3S. The van der Waals surface area contributed by atoms with E-state index >= 15 is 0 Å². The highest BCUT2D eigenvalue weighted by Crippen LogP contribution is 2.25. The van der Waals surface area contributed by atoms with Crippen molar-refractivity contribution in [1.82, 2.24) is 14.5 Å². The molecule has 9 heteroatoms. The fraction of sp³-hybridized carbons (Fsp3) is 0.250. The summed E-state index contributed by atoms with van der Waals surface area (Å²) in [5.41, 5.74) is 7.40. The number of nitrogens with two attached hydrogens (primary N) is 1. The number of nitrogens with zero attached hydrogens (tertiary/aromatic N) is 4. The maximum absolute atomic E-state index is 12.4. The van der Waals surface area contributed by atoms with Crippen molar-refractivity contribution < 1.29 is 9.72 Å². The molecule has 0 saturated heterocycles. The Kier molecular flexibility index (Phi) is 3.26. The molecule has 0 fully saturated rings. The van der Waals surface area contributed by atoms with Gasteiger partial charge in [-0.2, -0.15) is 0 Å². The van der Waals surface area contributed by atoms with E-state index in [0.29, 0.717) is 29.2 Å². The summed E-state index contributed by atoms with van der Waals surface area (Å²) >= 11 is 1.08. The zero-order valence-corrected chi connectivity index (χ0v) is 11.7. The van der Waals surface area contributed by atoms with Gasteiger partial charge in [0.25, 0.3) is 11.6 Å². The maximum Gasteiger partial charge on any atom is 0.270 e. The third kappa shape index (κ3) is 2.42. The van der Waals surface area contributed by atoms with Crippen LogP contribution in [0.3, 0.4) is 0 Å². The normalized spacial score (nSPS) is 14.1. The molecule has 3 rings (SSSR count). The first-order chi connectivity index (χ1) is 10.1. The van der Waals surface area contributed by atoms with Crippen molar-refractivity contribution in [3.63, 3.8) is 0 Å². The number of benzene rings is 1. The lowest BCUT2D eigenvalue weighted by Gasteiger charge is -2.27. The SMILES string of the molecule is Nc1snnc1CN1CCc2ccc([N+](=O)[O-])cc2C1=O. The van der Waals surface area contributed by atoms with Crippen LogP contribution in [0.5, 0.6) is 0 Å². The van der Waals surface area contributed by atoms with Gasteiger partial charge in [-0.1, -0.05) is 10.6 Å². The minimum absolute atomic E-state index is 0.0845. The summed E-state index contributed by atoms with van der Waals surface area (Å²) in [6.07, 6.45) is 0.649. The van der Waals surface area contributed by atoms with Crippen molar-refractivity contribution in [3.8, 4) is 0 Å². The Balaban J connectivity index is 1.89. The van der Waals surface area contributed by atoms with E-state index in [2.05, 4.69) is 9.59 Å². The van der Waals surface area contributed by atoms with Crippen molar-refractivity contribution in [1.29, 1.82) is 0 Å².